The quantitative estimate of drug-likeness (QED) is 0.510. The molecule has 172 valence electrons. The van der Waals surface area contributed by atoms with E-state index in [0.29, 0.717) is 11.5 Å². The zero-order chi connectivity index (χ0) is 24.2. The summed E-state index contributed by atoms with van der Waals surface area (Å²) in [6.45, 7) is 25.5. The van der Waals surface area contributed by atoms with Gasteiger partial charge in [-0.1, -0.05) is 83.1 Å². The van der Waals surface area contributed by atoms with Crippen molar-refractivity contribution in [3.63, 3.8) is 0 Å². The van der Waals surface area contributed by atoms with Gasteiger partial charge in [0.2, 0.25) is 0 Å². The molecule has 3 nitrogen and oxygen atoms in total. The zero-order valence-corrected chi connectivity index (χ0v) is 21.6. The fourth-order valence-electron chi connectivity index (χ4n) is 4.44. The van der Waals surface area contributed by atoms with Gasteiger partial charge >= 0.3 is 0 Å². The van der Waals surface area contributed by atoms with Crippen molar-refractivity contribution in [1.29, 1.82) is 0 Å². The lowest BCUT2D eigenvalue weighted by Gasteiger charge is -2.35. The van der Waals surface area contributed by atoms with E-state index in [4.69, 9.17) is 4.74 Å². The third-order valence-electron chi connectivity index (χ3n) is 5.51. The molecule has 0 unspecified atom stereocenters. The van der Waals surface area contributed by atoms with E-state index in [1.807, 2.05) is 12.1 Å². The Hall–Kier alpha value is -2.16. The Labute approximate surface area is 189 Å². The van der Waals surface area contributed by atoms with Crippen LogP contribution in [0.4, 0.5) is 0 Å². The molecule has 0 bridgehead atoms. The van der Waals surface area contributed by atoms with Crippen molar-refractivity contribution in [1.82, 2.24) is 0 Å². The van der Waals surface area contributed by atoms with Crippen molar-refractivity contribution in [3.8, 4) is 23.0 Å². The maximum absolute atomic E-state index is 10.8. The van der Waals surface area contributed by atoms with Crippen LogP contribution >= 0.6 is 0 Å². The number of aromatic hydroxyl groups is 2. The summed E-state index contributed by atoms with van der Waals surface area (Å²) in [4.78, 5) is 0. The van der Waals surface area contributed by atoms with Gasteiger partial charge in [-0.3, -0.25) is 0 Å². The summed E-state index contributed by atoms with van der Waals surface area (Å²) in [5.74, 6) is 2.07. The summed E-state index contributed by atoms with van der Waals surface area (Å²) < 4.78 is 6.65. The van der Waals surface area contributed by atoms with Crippen molar-refractivity contribution in [2.24, 2.45) is 0 Å². The number of rotatable bonds is 2. The molecule has 0 aromatic heterocycles. The minimum atomic E-state index is -0.246. The first-order valence-electron chi connectivity index (χ1n) is 11.2. The third kappa shape index (κ3) is 5.19. The molecule has 31 heavy (non-hydrogen) atoms. The van der Waals surface area contributed by atoms with E-state index in [0.717, 1.165) is 33.8 Å². The van der Waals surface area contributed by atoms with E-state index in [1.54, 1.807) is 12.1 Å². The number of ether oxygens (including phenoxy) is 1. The van der Waals surface area contributed by atoms with Gasteiger partial charge in [-0.2, -0.15) is 0 Å². The molecule has 0 spiro atoms. The minimum absolute atomic E-state index is 0.234. The van der Waals surface area contributed by atoms with Crippen LogP contribution in [0.5, 0.6) is 23.0 Å². The molecule has 0 aliphatic rings. The van der Waals surface area contributed by atoms with E-state index >= 15 is 0 Å². The maximum Gasteiger partial charge on any atom is 0.131 e. The SMILES string of the molecule is CC(C)(C)c1c(O)ccc(Oc2ccc(O)c(C(C)(C)C)c2C(C)(C)C)c1C(C)(C)C. The van der Waals surface area contributed by atoms with Crippen LogP contribution in [0.2, 0.25) is 0 Å². The first-order valence-corrected chi connectivity index (χ1v) is 11.2. The number of benzene rings is 2. The monoisotopic (exact) mass is 426 g/mol. The predicted molar refractivity (Wildman–Crippen MR) is 131 cm³/mol. The molecule has 2 N–H and O–H groups in total. The fourth-order valence-corrected chi connectivity index (χ4v) is 4.44. The molecule has 0 radical (unpaired) electrons. The van der Waals surface area contributed by atoms with E-state index in [9.17, 15) is 10.2 Å². The lowest BCUT2D eigenvalue weighted by Crippen LogP contribution is -2.24. The number of phenols is 2. The Morgan fingerprint density at radius 2 is 0.710 bits per heavy atom. The molecule has 0 saturated carbocycles. The fraction of sp³-hybridized carbons (Fsp3) is 0.571. The van der Waals surface area contributed by atoms with Gasteiger partial charge in [-0.05, 0) is 45.9 Å². The number of hydrogen-bond donors (Lipinski definition) is 2. The molecular weight excluding hydrogens is 384 g/mol. The Kier molecular flexibility index (Phi) is 6.28. The molecule has 2 rings (SSSR count). The highest BCUT2D eigenvalue weighted by atomic mass is 16.5. The molecule has 0 atom stereocenters. The number of phenolic OH excluding ortho intramolecular Hbond substituents is 2. The van der Waals surface area contributed by atoms with Crippen LogP contribution < -0.4 is 4.74 Å². The summed E-state index contributed by atoms with van der Waals surface area (Å²) in [6.07, 6.45) is 0. The second kappa shape index (κ2) is 7.76. The van der Waals surface area contributed by atoms with Crippen LogP contribution in [0.3, 0.4) is 0 Å². The van der Waals surface area contributed by atoms with E-state index in [-0.39, 0.29) is 21.7 Å². The molecule has 0 aliphatic heterocycles. The van der Waals surface area contributed by atoms with Crippen LogP contribution in [0, 0.1) is 0 Å². The smallest absolute Gasteiger partial charge is 0.131 e. The highest BCUT2D eigenvalue weighted by Gasteiger charge is 2.34. The Bertz CT molecular complexity index is 877. The topological polar surface area (TPSA) is 49.7 Å². The van der Waals surface area contributed by atoms with Gasteiger partial charge < -0.3 is 14.9 Å². The standard InChI is InChI=1S/C28H42O3/c1-25(2,3)21-17(29)13-15-19(23(21)27(7,8)9)31-20-16-14-18(30)22(26(4,5)6)24(20)28(10,11)12/h13-16,29-30H,1-12H3. The van der Waals surface area contributed by atoms with Gasteiger partial charge in [0, 0.05) is 22.3 Å². The van der Waals surface area contributed by atoms with Gasteiger partial charge in [-0.15, -0.1) is 0 Å². The number of hydrogen-bond acceptors (Lipinski definition) is 3. The van der Waals surface area contributed by atoms with E-state index in [1.165, 1.54) is 0 Å². The lowest BCUT2D eigenvalue weighted by atomic mass is 9.73. The first-order chi connectivity index (χ1) is 13.8. The van der Waals surface area contributed by atoms with Gasteiger partial charge in [-0.25, -0.2) is 0 Å². The minimum Gasteiger partial charge on any atom is -0.508 e. The molecular formula is C28H42O3. The third-order valence-corrected chi connectivity index (χ3v) is 5.51. The average molecular weight is 427 g/mol. The van der Waals surface area contributed by atoms with Crippen molar-refractivity contribution in [3.05, 3.63) is 46.5 Å². The maximum atomic E-state index is 10.8. The normalized spacial score (nSPS) is 13.4. The van der Waals surface area contributed by atoms with Gasteiger partial charge in [0.25, 0.3) is 0 Å². The molecule has 2 aromatic rings. The van der Waals surface area contributed by atoms with E-state index in [2.05, 4.69) is 83.1 Å². The summed E-state index contributed by atoms with van der Waals surface area (Å²) in [5.41, 5.74) is 2.87. The lowest BCUT2D eigenvalue weighted by molar-refractivity contribution is 0.397. The highest BCUT2D eigenvalue weighted by molar-refractivity contribution is 5.59. The summed E-state index contributed by atoms with van der Waals surface area (Å²) in [7, 11) is 0. The first kappa shape index (κ1) is 25.1. The van der Waals surface area contributed by atoms with Crippen molar-refractivity contribution >= 4 is 0 Å². The van der Waals surface area contributed by atoms with Gasteiger partial charge in [0.15, 0.2) is 0 Å². The highest BCUT2D eigenvalue weighted by Crippen LogP contribution is 2.49. The zero-order valence-electron chi connectivity index (χ0n) is 21.6. The second-order valence-corrected chi connectivity index (χ2v) is 12.8. The van der Waals surface area contributed by atoms with Crippen LogP contribution in [-0.2, 0) is 21.7 Å². The second-order valence-electron chi connectivity index (χ2n) is 12.8. The van der Waals surface area contributed by atoms with E-state index < -0.39 is 0 Å². The van der Waals surface area contributed by atoms with Crippen LogP contribution in [0.25, 0.3) is 0 Å². The van der Waals surface area contributed by atoms with Gasteiger partial charge in [0.1, 0.15) is 23.0 Å². The Morgan fingerprint density at radius 1 is 0.452 bits per heavy atom. The molecule has 0 heterocycles. The van der Waals surface area contributed by atoms with Crippen LogP contribution in [0.15, 0.2) is 24.3 Å². The molecule has 0 amide bonds. The average Bonchev–Trinajstić information content (AvgIpc) is 2.53. The van der Waals surface area contributed by atoms with Crippen molar-refractivity contribution in [2.45, 2.75) is 105 Å². The molecule has 0 aliphatic carbocycles. The predicted octanol–water partition coefficient (Wildman–Crippen LogP) is 8.08. The largest absolute Gasteiger partial charge is 0.508 e. The molecule has 0 saturated heterocycles. The molecule has 3 heteroatoms. The summed E-state index contributed by atoms with van der Waals surface area (Å²) in [6, 6.07) is 7.18. The Balaban J connectivity index is 2.88. The van der Waals surface area contributed by atoms with Crippen molar-refractivity contribution < 1.29 is 14.9 Å². The van der Waals surface area contributed by atoms with Crippen LogP contribution in [-0.4, -0.2) is 10.2 Å². The van der Waals surface area contributed by atoms with Gasteiger partial charge in [0.05, 0.1) is 0 Å². The molecule has 0 fully saturated rings. The van der Waals surface area contributed by atoms with Crippen molar-refractivity contribution in [2.75, 3.05) is 0 Å². The van der Waals surface area contributed by atoms with Crippen LogP contribution in [0.1, 0.15) is 105 Å². The molecule has 2 aromatic carbocycles. The summed E-state index contributed by atoms with van der Waals surface area (Å²) in [5, 5.41) is 21.5. The Morgan fingerprint density at radius 3 is 0.935 bits per heavy atom. The summed E-state index contributed by atoms with van der Waals surface area (Å²) >= 11 is 0.